The Bertz CT molecular complexity index is 1530. The van der Waals surface area contributed by atoms with Gasteiger partial charge in [0.05, 0.1) is 27.3 Å². The minimum absolute atomic E-state index is 0.0828. The van der Waals surface area contributed by atoms with Gasteiger partial charge >= 0.3 is 0 Å². The SMILES string of the molecule is O=C(N=Nc1c(O)[nH]c2c(Cl)cc(Cl)cc12)c1cc(-c2ccccc2)nc2ccccc12. The number of rotatable bonds is 3. The number of aromatic hydroxyl groups is 1. The van der Waals surface area contributed by atoms with Crippen molar-refractivity contribution in [1.29, 1.82) is 0 Å². The topological polar surface area (TPSA) is 90.7 Å². The molecule has 5 aromatic rings. The summed E-state index contributed by atoms with van der Waals surface area (Å²) in [5.41, 5.74) is 3.09. The Morgan fingerprint density at radius 3 is 2.50 bits per heavy atom. The van der Waals surface area contributed by atoms with Crippen molar-refractivity contribution < 1.29 is 9.90 Å². The number of nitrogens with one attached hydrogen (secondary N) is 1. The van der Waals surface area contributed by atoms with E-state index in [1.807, 2.05) is 54.6 Å². The van der Waals surface area contributed by atoms with Crippen LogP contribution in [-0.4, -0.2) is 21.0 Å². The fraction of sp³-hybridized carbons (Fsp3) is 0. The first-order valence-electron chi connectivity index (χ1n) is 9.62. The van der Waals surface area contributed by atoms with Gasteiger partial charge in [-0.1, -0.05) is 71.7 Å². The molecule has 0 unspecified atom stereocenters. The maximum Gasteiger partial charge on any atom is 0.296 e. The number of azo groups is 1. The molecule has 156 valence electrons. The van der Waals surface area contributed by atoms with Gasteiger partial charge in [0, 0.05) is 21.4 Å². The number of benzene rings is 3. The number of carbonyl (C=O) groups excluding carboxylic acids is 1. The van der Waals surface area contributed by atoms with Crippen molar-refractivity contribution in [3.63, 3.8) is 0 Å². The van der Waals surface area contributed by atoms with Crippen molar-refractivity contribution in [2.75, 3.05) is 0 Å². The maximum atomic E-state index is 13.1. The largest absolute Gasteiger partial charge is 0.493 e. The number of amides is 1. The molecule has 32 heavy (non-hydrogen) atoms. The molecular formula is C24H14Cl2N4O2. The molecule has 0 aliphatic rings. The quantitative estimate of drug-likeness (QED) is 0.276. The summed E-state index contributed by atoms with van der Waals surface area (Å²) < 4.78 is 0. The summed E-state index contributed by atoms with van der Waals surface area (Å²) in [5.74, 6) is -0.826. The van der Waals surface area contributed by atoms with Crippen molar-refractivity contribution >= 4 is 56.6 Å². The molecule has 1 amide bonds. The van der Waals surface area contributed by atoms with Crippen LogP contribution >= 0.6 is 23.2 Å². The summed E-state index contributed by atoms with van der Waals surface area (Å²) in [6.07, 6.45) is 0. The first-order chi connectivity index (χ1) is 15.5. The number of nitrogens with zero attached hydrogens (tertiary/aromatic N) is 3. The van der Waals surface area contributed by atoms with Crippen LogP contribution in [0.15, 0.2) is 83.0 Å². The Morgan fingerprint density at radius 1 is 0.938 bits per heavy atom. The van der Waals surface area contributed by atoms with Crippen molar-refractivity contribution in [3.8, 4) is 17.1 Å². The number of carbonyl (C=O) groups is 1. The number of fused-ring (bicyclic) bond motifs is 2. The lowest BCUT2D eigenvalue weighted by molar-refractivity contribution is 0.0996. The number of halogens is 2. The van der Waals surface area contributed by atoms with Gasteiger partial charge in [-0.25, -0.2) is 4.98 Å². The summed E-state index contributed by atoms with van der Waals surface area (Å²) in [7, 11) is 0. The molecule has 0 spiro atoms. The van der Waals surface area contributed by atoms with Crippen LogP contribution in [0.1, 0.15) is 10.4 Å². The van der Waals surface area contributed by atoms with E-state index in [2.05, 4.69) is 20.2 Å². The Morgan fingerprint density at radius 2 is 1.69 bits per heavy atom. The first-order valence-corrected chi connectivity index (χ1v) is 10.4. The highest BCUT2D eigenvalue weighted by molar-refractivity contribution is 6.38. The molecular weight excluding hydrogens is 447 g/mol. The predicted octanol–water partition coefficient (Wildman–Crippen LogP) is 7.32. The van der Waals surface area contributed by atoms with Gasteiger partial charge in [0.25, 0.3) is 5.91 Å². The van der Waals surface area contributed by atoms with E-state index in [-0.39, 0.29) is 11.6 Å². The van der Waals surface area contributed by atoms with Gasteiger partial charge in [-0.3, -0.25) is 4.79 Å². The van der Waals surface area contributed by atoms with Crippen LogP contribution in [0.2, 0.25) is 10.0 Å². The van der Waals surface area contributed by atoms with E-state index in [1.54, 1.807) is 18.2 Å². The monoisotopic (exact) mass is 460 g/mol. The van der Waals surface area contributed by atoms with Crippen LogP contribution in [0.3, 0.4) is 0 Å². The summed E-state index contributed by atoms with van der Waals surface area (Å²) in [5, 5.41) is 20.0. The highest BCUT2D eigenvalue weighted by Crippen LogP contribution is 2.40. The number of pyridine rings is 1. The van der Waals surface area contributed by atoms with E-state index >= 15 is 0 Å². The van der Waals surface area contributed by atoms with Gasteiger partial charge in [-0.2, -0.15) is 0 Å². The molecule has 0 bridgehead atoms. The summed E-state index contributed by atoms with van der Waals surface area (Å²) in [4.78, 5) is 20.5. The van der Waals surface area contributed by atoms with Gasteiger partial charge in [0.15, 0.2) is 5.69 Å². The third-order valence-corrected chi connectivity index (χ3v) is 5.55. The minimum atomic E-state index is -0.567. The van der Waals surface area contributed by atoms with Crippen molar-refractivity contribution in [2.45, 2.75) is 0 Å². The zero-order valence-electron chi connectivity index (χ0n) is 16.4. The van der Waals surface area contributed by atoms with Crippen LogP contribution in [0.5, 0.6) is 5.88 Å². The zero-order chi connectivity index (χ0) is 22.2. The second kappa shape index (κ2) is 8.07. The molecule has 2 aromatic heterocycles. The molecule has 0 aliphatic heterocycles. The van der Waals surface area contributed by atoms with Crippen LogP contribution < -0.4 is 0 Å². The normalized spacial score (nSPS) is 11.6. The number of hydrogen-bond acceptors (Lipinski definition) is 4. The molecule has 0 aliphatic carbocycles. The van der Waals surface area contributed by atoms with Crippen LogP contribution in [-0.2, 0) is 0 Å². The van der Waals surface area contributed by atoms with Crippen LogP contribution in [0.4, 0.5) is 5.69 Å². The average molecular weight is 461 g/mol. The Hall–Kier alpha value is -3.74. The lowest BCUT2D eigenvalue weighted by atomic mass is 10.0. The highest BCUT2D eigenvalue weighted by atomic mass is 35.5. The van der Waals surface area contributed by atoms with E-state index in [1.165, 1.54) is 0 Å². The highest BCUT2D eigenvalue weighted by Gasteiger charge is 2.17. The van der Waals surface area contributed by atoms with E-state index < -0.39 is 5.91 Å². The van der Waals surface area contributed by atoms with Gasteiger partial charge in [-0.05, 0) is 24.3 Å². The fourth-order valence-electron chi connectivity index (χ4n) is 3.55. The molecule has 3 aromatic carbocycles. The van der Waals surface area contributed by atoms with Gasteiger partial charge < -0.3 is 10.1 Å². The number of aromatic nitrogens is 2. The van der Waals surface area contributed by atoms with Crippen molar-refractivity contribution in [3.05, 3.63) is 88.4 Å². The second-order valence-corrected chi connectivity index (χ2v) is 7.92. The van der Waals surface area contributed by atoms with E-state index in [9.17, 15) is 9.90 Å². The molecule has 8 heteroatoms. The Kier molecular flexibility index (Phi) is 5.09. The minimum Gasteiger partial charge on any atom is -0.493 e. The first kappa shape index (κ1) is 20.2. The van der Waals surface area contributed by atoms with Gasteiger partial charge in [0.2, 0.25) is 5.88 Å². The summed E-state index contributed by atoms with van der Waals surface area (Å²) >= 11 is 12.3. The van der Waals surface area contributed by atoms with Crippen LogP contribution in [0.25, 0.3) is 33.1 Å². The third-order valence-electron chi connectivity index (χ3n) is 5.03. The van der Waals surface area contributed by atoms with E-state index in [0.717, 1.165) is 5.56 Å². The zero-order valence-corrected chi connectivity index (χ0v) is 17.9. The molecule has 5 rings (SSSR count). The molecule has 2 heterocycles. The molecule has 2 N–H and O–H groups in total. The molecule has 0 radical (unpaired) electrons. The van der Waals surface area contributed by atoms with Gasteiger partial charge in [-0.15, -0.1) is 10.2 Å². The fourth-order valence-corrected chi connectivity index (χ4v) is 4.09. The van der Waals surface area contributed by atoms with Crippen LogP contribution in [0, 0.1) is 0 Å². The van der Waals surface area contributed by atoms with Crippen molar-refractivity contribution in [2.24, 2.45) is 10.2 Å². The summed E-state index contributed by atoms with van der Waals surface area (Å²) in [6, 6.07) is 21.7. The number of hydrogen-bond donors (Lipinski definition) is 2. The standard InChI is InChI=1S/C24H14Cl2N4O2/c25-14-10-17-21(18(26)11-14)28-24(32)22(17)29-30-23(31)16-12-20(13-6-2-1-3-7-13)27-19-9-5-4-8-15(16)19/h1-12,28,32H. The maximum absolute atomic E-state index is 13.1. The molecule has 0 saturated heterocycles. The average Bonchev–Trinajstić information content (AvgIpc) is 3.12. The van der Waals surface area contributed by atoms with E-state index in [0.29, 0.717) is 43.1 Å². The molecule has 0 atom stereocenters. The van der Waals surface area contributed by atoms with E-state index in [4.69, 9.17) is 23.2 Å². The number of H-pyrrole nitrogens is 1. The second-order valence-electron chi connectivity index (χ2n) is 7.08. The van der Waals surface area contributed by atoms with Crippen molar-refractivity contribution in [1.82, 2.24) is 9.97 Å². The number of aromatic amines is 1. The third kappa shape index (κ3) is 3.60. The molecule has 0 fully saturated rings. The Balaban J connectivity index is 1.61. The Labute approximate surface area is 192 Å². The molecule has 6 nitrogen and oxygen atoms in total. The number of para-hydroxylation sites is 1. The molecule has 0 saturated carbocycles. The lowest BCUT2D eigenvalue weighted by Gasteiger charge is -2.07. The summed E-state index contributed by atoms with van der Waals surface area (Å²) in [6.45, 7) is 0. The lowest BCUT2D eigenvalue weighted by Crippen LogP contribution is -1.98. The van der Waals surface area contributed by atoms with Gasteiger partial charge in [0.1, 0.15) is 0 Å². The smallest absolute Gasteiger partial charge is 0.296 e. The predicted molar refractivity (Wildman–Crippen MR) is 126 cm³/mol.